The van der Waals surface area contributed by atoms with Gasteiger partial charge in [-0.15, -0.1) is 0 Å². The van der Waals surface area contributed by atoms with Crippen LogP contribution in [0.1, 0.15) is 37.1 Å². The van der Waals surface area contributed by atoms with Gasteiger partial charge < -0.3 is 7.43 Å². The van der Waals surface area contributed by atoms with Crippen molar-refractivity contribution in [3.05, 3.63) is 7.43 Å². The molecule has 0 aliphatic rings. The lowest BCUT2D eigenvalue weighted by Gasteiger charge is -0.358. The summed E-state index contributed by atoms with van der Waals surface area (Å²) < 4.78 is 0. The van der Waals surface area contributed by atoms with Crippen molar-refractivity contribution in [3.63, 3.8) is 0 Å². The van der Waals surface area contributed by atoms with Gasteiger partial charge in [0.2, 0.25) is 0 Å². The Kier molecular flexibility index (Phi) is 0. The number of hydrogen-bond donors (Lipinski definition) is 0. The molecule has 0 aromatic carbocycles. The monoisotopic (exact) mass is 95.2 g/mol. The van der Waals surface area contributed by atoms with Crippen LogP contribution in [0.25, 0.3) is 0 Å². The van der Waals surface area contributed by atoms with E-state index in [1.165, 1.54) is 0 Å². The molecule has 0 N–H and O–H groups in total. The third kappa shape index (κ3) is 0. The molecule has 0 saturated heterocycles. The molecule has 6 heavy (non-hydrogen) atoms. The van der Waals surface area contributed by atoms with Gasteiger partial charge in [0, 0.05) is 0 Å². The standard InChI is InChI=1S/5CH4.CH3/h5*1H4;1H3/q;;;;;-1. The summed E-state index contributed by atoms with van der Waals surface area (Å²) in [6.07, 6.45) is 0. The summed E-state index contributed by atoms with van der Waals surface area (Å²) in [7, 11) is 0. The van der Waals surface area contributed by atoms with Gasteiger partial charge in [0.1, 0.15) is 0 Å². The fourth-order valence-electron chi connectivity index (χ4n) is 0. The lowest BCUT2D eigenvalue weighted by molar-refractivity contribution is 2.50. The zero-order chi connectivity index (χ0) is 0. The highest BCUT2D eigenvalue weighted by Gasteiger charge is -0.0735. The first-order valence-corrected chi connectivity index (χ1v) is 0. The molecule has 0 saturated carbocycles. The van der Waals surface area contributed by atoms with Gasteiger partial charge in [-0.05, 0) is 0 Å². The molecule has 48 valence electrons. The van der Waals surface area contributed by atoms with Crippen LogP contribution in [0.4, 0.5) is 0 Å². The molecule has 0 aliphatic carbocycles. The summed E-state index contributed by atoms with van der Waals surface area (Å²) in [5, 5.41) is 0. The van der Waals surface area contributed by atoms with Gasteiger partial charge in [-0.3, -0.25) is 0 Å². The van der Waals surface area contributed by atoms with Crippen LogP contribution in [0.15, 0.2) is 0 Å². The lowest BCUT2D eigenvalue weighted by Crippen LogP contribution is 0.0812. The Morgan fingerprint density at radius 1 is 0.333 bits per heavy atom. The zero-order valence-corrected chi connectivity index (χ0v) is 1.00. The van der Waals surface area contributed by atoms with E-state index in [2.05, 4.69) is 0 Å². The summed E-state index contributed by atoms with van der Waals surface area (Å²) >= 11 is 0. The maximum Gasteiger partial charge on any atom is -0.0776 e. The maximum atomic E-state index is 0. The third-order valence-electron chi connectivity index (χ3n) is 0. The SMILES string of the molecule is C.C.C.C.C.[CH3-]. The summed E-state index contributed by atoms with van der Waals surface area (Å²) in [4.78, 5) is 0. The second-order valence-corrected chi connectivity index (χ2v) is 0. The molecule has 0 aromatic heterocycles. The highest BCUT2D eigenvalue weighted by Crippen LogP contribution is 0.148. The van der Waals surface area contributed by atoms with E-state index in [1.54, 1.807) is 0 Å². The van der Waals surface area contributed by atoms with Crippen LogP contribution in [-0.2, 0) is 0 Å². The zero-order valence-electron chi connectivity index (χ0n) is 1.00. The predicted molar refractivity (Wildman–Crippen MR) is 40.1 cm³/mol. The minimum absolute atomic E-state index is 0. The molecule has 0 bridgehead atoms. The van der Waals surface area contributed by atoms with Gasteiger partial charge in [-0.2, -0.15) is 0 Å². The van der Waals surface area contributed by atoms with Crippen molar-refractivity contribution in [2.24, 2.45) is 0 Å². The molecule has 0 rings (SSSR count). The van der Waals surface area contributed by atoms with Crippen LogP contribution < -0.4 is 0 Å². The van der Waals surface area contributed by atoms with E-state index in [0.29, 0.717) is 0 Å². The molecular weight excluding hydrogens is 72.1 g/mol. The average Bonchev–Trinajstić information content (AvgIpc) is 0. The average molecular weight is 95.2 g/mol. The van der Waals surface area contributed by atoms with Gasteiger partial charge in [-0.25, -0.2) is 0 Å². The quantitative estimate of drug-likeness (QED) is 0.403. The summed E-state index contributed by atoms with van der Waals surface area (Å²) in [6.45, 7) is 0. The smallest absolute Gasteiger partial charge is 0.0776 e. The van der Waals surface area contributed by atoms with Crippen LogP contribution in [0.3, 0.4) is 0 Å². The van der Waals surface area contributed by atoms with Crippen molar-refractivity contribution < 1.29 is 0 Å². The Hall–Kier alpha value is 0. The number of rotatable bonds is 0. The van der Waals surface area contributed by atoms with Crippen molar-refractivity contribution in [2.75, 3.05) is 0 Å². The van der Waals surface area contributed by atoms with Crippen LogP contribution in [0.5, 0.6) is 0 Å². The maximum absolute atomic E-state index is 0. The third-order valence-corrected chi connectivity index (χ3v) is 0. The lowest BCUT2D eigenvalue weighted by atomic mass is 12.0. The van der Waals surface area contributed by atoms with E-state index in [4.69, 9.17) is 0 Å². The predicted octanol–water partition coefficient (Wildman–Crippen LogP) is 3.63. The topological polar surface area (TPSA) is 0 Å². The fourth-order valence-corrected chi connectivity index (χ4v) is 0. The molecule has 0 heterocycles. The molecule has 0 nitrogen and oxygen atoms in total. The molecule has 0 unspecified atom stereocenters. The molecule has 0 spiro atoms. The van der Waals surface area contributed by atoms with E-state index < -0.39 is 0 Å². The molecule has 0 amide bonds. The summed E-state index contributed by atoms with van der Waals surface area (Å²) in [5.41, 5.74) is 0. The van der Waals surface area contributed by atoms with E-state index in [1.807, 2.05) is 0 Å². The molecule has 0 heteroatoms. The molecule has 0 radical (unpaired) electrons. The van der Waals surface area contributed by atoms with E-state index in [9.17, 15) is 0 Å². The van der Waals surface area contributed by atoms with E-state index in [-0.39, 0.29) is 44.6 Å². The van der Waals surface area contributed by atoms with E-state index >= 15 is 0 Å². The Bertz CT molecular complexity index is 0. The van der Waals surface area contributed by atoms with Crippen molar-refractivity contribution in [2.45, 2.75) is 37.1 Å². The summed E-state index contributed by atoms with van der Waals surface area (Å²) in [6, 6.07) is 0. The van der Waals surface area contributed by atoms with E-state index in [0.717, 1.165) is 0 Å². The first kappa shape index (κ1) is 0. The highest BCUT2D eigenvalue weighted by atomic mass is 12.0. The minimum Gasteiger partial charge on any atom is -0.358 e. The first-order chi connectivity index (χ1) is 0. The molecular formula is C6H23-. The Morgan fingerprint density at radius 2 is 0.333 bits per heavy atom. The first-order valence-electron chi connectivity index (χ1n) is 0. The largest absolute Gasteiger partial charge is 0.358 e. The fraction of sp³-hybridized carbons (Fsp3) is 0.833. The second kappa shape index (κ2) is 0. The van der Waals surface area contributed by atoms with Crippen LogP contribution >= 0.6 is 0 Å². The second-order valence-electron chi connectivity index (χ2n) is 0. The van der Waals surface area contributed by atoms with Gasteiger partial charge in [-0.1, -0.05) is 37.1 Å². The van der Waals surface area contributed by atoms with Crippen molar-refractivity contribution in [1.82, 2.24) is 0 Å². The van der Waals surface area contributed by atoms with Gasteiger partial charge in [0.05, 0.1) is 0 Å². The molecule has 0 fully saturated rings. The van der Waals surface area contributed by atoms with Crippen molar-refractivity contribution in [1.29, 1.82) is 0 Å². The Labute approximate surface area is 45.6 Å². The Morgan fingerprint density at radius 3 is 0.333 bits per heavy atom. The van der Waals surface area contributed by atoms with Crippen LogP contribution in [0.2, 0.25) is 0 Å². The van der Waals surface area contributed by atoms with Crippen molar-refractivity contribution in [3.8, 4) is 0 Å². The van der Waals surface area contributed by atoms with Crippen molar-refractivity contribution >= 4 is 0 Å². The van der Waals surface area contributed by atoms with Gasteiger partial charge in [0.25, 0.3) is 0 Å². The Balaban J connectivity index is 0. The molecule has 0 atom stereocenters. The van der Waals surface area contributed by atoms with Crippen LogP contribution in [-0.4, -0.2) is 0 Å². The number of hydrogen-bond acceptors (Lipinski definition) is 0. The van der Waals surface area contributed by atoms with Gasteiger partial charge in [0.15, 0.2) is 0 Å². The van der Waals surface area contributed by atoms with Crippen LogP contribution in [0, 0.1) is 7.43 Å². The minimum atomic E-state index is 0. The molecule has 0 aliphatic heterocycles. The normalized spacial score (nSPS) is 0. The summed E-state index contributed by atoms with van der Waals surface area (Å²) in [5.74, 6) is 0. The van der Waals surface area contributed by atoms with Gasteiger partial charge >= 0.3 is 0 Å². The molecule has 0 aromatic rings. The highest BCUT2D eigenvalue weighted by molar-refractivity contribution is 3.24.